The van der Waals surface area contributed by atoms with E-state index in [4.69, 9.17) is 4.74 Å². The second-order valence-electron chi connectivity index (χ2n) is 11.5. The number of ether oxygens (including phenoxy) is 1. The van der Waals surface area contributed by atoms with Gasteiger partial charge < -0.3 is 30.3 Å². The van der Waals surface area contributed by atoms with Crippen molar-refractivity contribution in [2.45, 2.75) is 32.6 Å². The number of unbranched alkanes of at least 4 members (excludes halogenated alkanes) is 1. The Morgan fingerprint density at radius 3 is 2.59 bits per heavy atom. The number of fused-ring (bicyclic) bond motifs is 1. The Labute approximate surface area is 293 Å². The monoisotopic (exact) mass is 702 g/mol. The number of carbonyl (C=O) groups is 1. The van der Waals surface area contributed by atoms with Gasteiger partial charge in [-0.2, -0.15) is 0 Å². The van der Waals surface area contributed by atoms with Gasteiger partial charge in [0.1, 0.15) is 0 Å². The maximum Gasteiger partial charge on any atom is 0.355 e. The van der Waals surface area contributed by atoms with Gasteiger partial charge in [0.25, 0.3) is 0 Å². The van der Waals surface area contributed by atoms with E-state index in [0.29, 0.717) is 53.1 Å². The van der Waals surface area contributed by atoms with Crippen LogP contribution in [0, 0.1) is 24.6 Å². The number of carboxylic acid groups (broad SMARTS) is 1. The van der Waals surface area contributed by atoms with E-state index in [2.05, 4.69) is 47.5 Å². The normalized spacial score (nSPS) is 11.1. The first-order chi connectivity index (χ1) is 23.7. The smallest absolute Gasteiger partial charge is 0.355 e. The zero-order chi connectivity index (χ0) is 34.8. The number of nitrogens with zero attached hydrogens (tertiary/aromatic N) is 6. The van der Waals surface area contributed by atoms with E-state index in [0.717, 1.165) is 40.3 Å². The molecule has 0 spiro atoms. The lowest BCUT2D eigenvalue weighted by Crippen LogP contribution is -2.22. The lowest BCUT2D eigenvalue weighted by Gasteiger charge is -2.21. The first-order valence-electron chi connectivity index (χ1n) is 15.9. The standard InChI is InChI=1S/C35H39FN8O3S2/c1-23-21-30(41-42-32(23)40-34-38-26-12-5-6-13-28(26)48-34)44(19-8-7-18-43(3)4)35-39-31(33(45)46)29(49-35)14-10-20-47-27-16-15-24(22-25(27)36)11-9-17-37-2/h5-6,12-13,15-16,21-22,37H,7-8,10,14,17-20H2,1-4H3,(H,45,46)(H,38,40,42). The first-order valence-corrected chi connectivity index (χ1v) is 17.5. The highest BCUT2D eigenvalue weighted by Crippen LogP contribution is 2.34. The van der Waals surface area contributed by atoms with Gasteiger partial charge in [-0.3, -0.25) is 0 Å². The lowest BCUT2D eigenvalue weighted by molar-refractivity contribution is 0.0690. The highest BCUT2D eigenvalue weighted by molar-refractivity contribution is 7.22. The maximum absolute atomic E-state index is 14.6. The van der Waals surface area contributed by atoms with Gasteiger partial charge in [-0.15, -0.1) is 21.5 Å². The SMILES string of the molecule is CNCC#Cc1ccc(OCCCc2sc(N(CCCCN(C)C)c3cc(C)c(Nc4nc5ccccc5s4)nn3)nc2C(=O)O)c(F)c1. The van der Waals surface area contributed by atoms with Crippen LogP contribution in [0.25, 0.3) is 10.2 Å². The summed E-state index contributed by atoms with van der Waals surface area (Å²) in [7, 11) is 5.86. The molecule has 0 aliphatic heterocycles. The quantitative estimate of drug-likeness (QED) is 0.0771. The molecule has 3 aromatic heterocycles. The molecule has 3 N–H and O–H groups in total. The molecule has 0 saturated carbocycles. The second-order valence-corrected chi connectivity index (χ2v) is 13.6. The predicted molar refractivity (Wildman–Crippen MR) is 195 cm³/mol. The van der Waals surface area contributed by atoms with Crippen LogP contribution in [0.2, 0.25) is 0 Å². The molecule has 256 valence electrons. The van der Waals surface area contributed by atoms with Crippen LogP contribution in [0.5, 0.6) is 5.75 Å². The van der Waals surface area contributed by atoms with E-state index in [1.807, 2.05) is 56.3 Å². The Hall–Kier alpha value is -4.68. The molecule has 49 heavy (non-hydrogen) atoms. The minimum Gasteiger partial charge on any atom is -0.491 e. The molecule has 5 rings (SSSR count). The number of carboxylic acids is 1. The van der Waals surface area contributed by atoms with Crippen molar-refractivity contribution in [3.05, 3.63) is 76.0 Å². The molecule has 0 unspecified atom stereocenters. The van der Waals surface area contributed by atoms with Gasteiger partial charge in [-0.25, -0.2) is 19.2 Å². The van der Waals surface area contributed by atoms with Crippen LogP contribution in [0.1, 0.15) is 45.8 Å². The van der Waals surface area contributed by atoms with Gasteiger partial charge >= 0.3 is 5.97 Å². The summed E-state index contributed by atoms with van der Waals surface area (Å²) in [5.74, 6) is 5.49. The van der Waals surface area contributed by atoms with Crippen LogP contribution in [0.3, 0.4) is 0 Å². The predicted octanol–water partition coefficient (Wildman–Crippen LogP) is 6.49. The molecule has 2 aromatic carbocycles. The molecule has 0 atom stereocenters. The fraction of sp³-hybridized carbons (Fsp3) is 0.343. The zero-order valence-electron chi connectivity index (χ0n) is 27.9. The number of nitrogens with one attached hydrogen (secondary N) is 2. The largest absolute Gasteiger partial charge is 0.491 e. The fourth-order valence-electron chi connectivity index (χ4n) is 4.90. The number of aromatic nitrogens is 4. The Morgan fingerprint density at radius 1 is 1.04 bits per heavy atom. The zero-order valence-corrected chi connectivity index (χ0v) is 29.6. The van der Waals surface area contributed by atoms with Crippen molar-refractivity contribution in [1.29, 1.82) is 0 Å². The van der Waals surface area contributed by atoms with Gasteiger partial charge in [0, 0.05) is 17.0 Å². The molecule has 0 saturated heterocycles. The number of anilines is 4. The van der Waals surface area contributed by atoms with Gasteiger partial charge in [0.2, 0.25) is 0 Å². The lowest BCUT2D eigenvalue weighted by atomic mass is 10.2. The molecule has 5 aromatic rings. The average molecular weight is 703 g/mol. The minimum absolute atomic E-state index is 0.00669. The average Bonchev–Trinajstić information content (AvgIpc) is 3.69. The Kier molecular flexibility index (Phi) is 12.4. The van der Waals surface area contributed by atoms with Crippen LogP contribution >= 0.6 is 22.7 Å². The number of benzene rings is 2. The molecular formula is C35H39FN8O3S2. The molecule has 0 fully saturated rings. The van der Waals surface area contributed by atoms with E-state index in [1.165, 1.54) is 28.7 Å². The topological polar surface area (TPSA) is 129 Å². The van der Waals surface area contributed by atoms with E-state index >= 15 is 0 Å². The van der Waals surface area contributed by atoms with Crippen molar-refractivity contribution in [1.82, 2.24) is 30.4 Å². The molecule has 3 heterocycles. The van der Waals surface area contributed by atoms with E-state index in [-0.39, 0.29) is 18.1 Å². The third kappa shape index (κ3) is 9.70. The van der Waals surface area contributed by atoms with Gasteiger partial charge in [0.15, 0.2) is 39.2 Å². The summed E-state index contributed by atoms with van der Waals surface area (Å²) in [6.45, 7) is 4.16. The summed E-state index contributed by atoms with van der Waals surface area (Å²) < 4.78 is 21.4. The number of halogens is 1. The summed E-state index contributed by atoms with van der Waals surface area (Å²) in [6.07, 6.45) is 2.65. The van der Waals surface area contributed by atoms with Crippen LogP contribution in [-0.4, -0.2) is 83.5 Å². The fourth-order valence-corrected chi connectivity index (χ4v) is 6.89. The van der Waals surface area contributed by atoms with Gasteiger partial charge in [0.05, 0.1) is 23.4 Å². The summed E-state index contributed by atoms with van der Waals surface area (Å²) >= 11 is 2.85. The van der Waals surface area contributed by atoms with Crippen molar-refractivity contribution < 1.29 is 19.0 Å². The van der Waals surface area contributed by atoms with Crippen molar-refractivity contribution in [2.24, 2.45) is 0 Å². The molecule has 0 bridgehead atoms. The number of hydrogen-bond donors (Lipinski definition) is 3. The van der Waals surface area contributed by atoms with Crippen LogP contribution in [-0.2, 0) is 6.42 Å². The minimum atomic E-state index is -1.11. The van der Waals surface area contributed by atoms with Crippen LogP contribution in [0.15, 0.2) is 48.5 Å². The molecule has 0 amide bonds. The van der Waals surface area contributed by atoms with Crippen molar-refractivity contribution >= 4 is 60.8 Å². The molecule has 0 radical (unpaired) electrons. The maximum atomic E-state index is 14.6. The highest BCUT2D eigenvalue weighted by Gasteiger charge is 2.23. The second kappa shape index (κ2) is 17.1. The molecule has 0 aliphatic rings. The number of aryl methyl sites for hydroxylation is 2. The summed E-state index contributed by atoms with van der Waals surface area (Å²) in [5, 5.41) is 26.5. The molecule has 11 nitrogen and oxygen atoms in total. The Bertz CT molecular complexity index is 1920. The number of para-hydroxylation sites is 1. The van der Waals surface area contributed by atoms with Crippen molar-refractivity contribution in [3.8, 4) is 17.6 Å². The van der Waals surface area contributed by atoms with E-state index < -0.39 is 11.8 Å². The third-order valence-electron chi connectivity index (χ3n) is 7.36. The van der Waals surface area contributed by atoms with E-state index in [9.17, 15) is 14.3 Å². The van der Waals surface area contributed by atoms with E-state index in [1.54, 1.807) is 19.2 Å². The number of hydrogen-bond acceptors (Lipinski definition) is 12. The molecular weight excluding hydrogens is 664 g/mol. The number of thiazole rings is 2. The summed E-state index contributed by atoms with van der Waals surface area (Å²) in [5.41, 5.74) is 2.33. The molecule has 14 heteroatoms. The summed E-state index contributed by atoms with van der Waals surface area (Å²) in [4.78, 5) is 26.1. The number of rotatable bonds is 16. The van der Waals surface area contributed by atoms with Gasteiger partial charge in [-0.1, -0.05) is 35.3 Å². The number of aromatic carboxylic acids is 1. The Morgan fingerprint density at radius 2 is 1.86 bits per heavy atom. The first kappa shape index (κ1) is 35.6. The Balaban J connectivity index is 1.30. The summed E-state index contributed by atoms with van der Waals surface area (Å²) in [6, 6.07) is 14.5. The van der Waals surface area contributed by atoms with Crippen LogP contribution < -0.4 is 20.3 Å². The van der Waals surface area contributed by atoms with Crippen molar-refractivity contribution in [3.63, 3.8) is 0 Å². The highest BCUT2D eigenvalue weighted by atomic mass is 32.1. The van der Waals surface area contributed by atoms with Crippen molar-refractivity contribution in [2.75, 3.05) is 57.6 Å². The van der Waals surface area contributed by atoms with Crippen LogP contribution in [0.4, 0.5) is 26.3 Å². The van der Waals surface area contributed by atoms with Gasteiger partial charge in [-0.05, 0) is 102 Å². The molecule has 0 aliphatic carbocycles. The third-order valence-corrected chi connectivity index (χ3v) is 9.45.